The largest absolute Gasteiger partial charge is 0.504 e. The molecular weight excluding hydrogens is 256 g/mol. The molecule has 0 spiro atoms. The molecule has 1 aromatic carbocycles. The molecular formula is C15H16N2O3. The van der Waals surface area contributed by atoms with Crippen LogP contribution in [0.3, 0.4) is 0 Å². The molecule has 0 aliphatic heterocycles. The summed E-state index contributed by atoms with van der Waals surface area (Å²) in [5.74, 6) is 0.0737. The van der Waals surface area contributed by atoms with Gasteiger partial charge in [-0.15, -0.1) is 0 Å². The number of hydrogen-bond acceptors (Lipinski definition) is 4. The average molecular weight is 272 g/mol. The van der Waals surface area contributed by atoms with Gasteiger partial charge in [0.2, 0.25) is 0 Å². The molecule has 20 heavy (non-hydrogen) atoms. The minimum atomic E-state index is -0.225. The van der Waals surface area contributed by atoms with Crippen LogP contribution in [0.25, 0.3) is 0 Å². The van der Waals surface area contributed by atoms with Crippen LogP contribution in [-0.4, -0.2) is 29.7 Å². The summed E-state index contributed by atoms with van der Waals surface area (Å²) < 4.78 is 4.93. The Balaban J connectivity index is 1.90. The van der Waals surface area contributed by atoms with E-state index in [2.05, 4.69) is 10.3 Å². The Kier molecular flexibility index (Phi) is 4.55. The highest BCUT2D eigenvalue weighted by molar-refractivity contribution is 5.94. The number of amides is 1. The van der Waals surface area contributed by atoms with Crippen LogP contribution in [0.15, 0.2) is 42.7 Å². The van der Waals surface area contributed by atoms with Gasteiger partial charge in [-0.2, -0.15) is 0 Å². The molecule has 2 aromatic rings. The number of phenolic OH excluding ortho intramolecular Hbond substituents is 1. The van der Waals surface area contributed by atoms with Crippen LogP contribution in [0.2, 0.25) is 0 Å². The maximum atomic E-state index is 11.9. The van der Waals surface area contributed by atoms with Crippen LogP contribution in [0.4, 0.5) is 0 Å². The number of benzene rings is 1. The summed E-state index contributed by atoms with van der Waals surface area (Å²) in [5, 5.41) is 12.4. The normalized spacial score (nSPS) is 10.1. The van der Waals surface area contributed by atoms with Crippen LogP contribution in [0.1, 0.15) is 15.9 Å². The number of nitrogens with one attached hydrogen (secondary N) is 1. The first kappa shape index (κ1) is 13.9. The Morgan fingerprint density at radius 2 is 2.05 bits per heavy atom. The first-order valence-electron chi connectivity index (χ1n) is 6.25. The Bertz CT molecular complexity index is 585. The lowest BCUT2D eigenvalue weighted by Crippen LogP contribution is -2.25. The number of methoxy groups -OCH3 is 1. The van der Waals surface area contributed by atoms with Crippen molar-refractivity contribution in [3.8, 4) is 11.5 Å². The topological polar surface area (TPSA) is 71.5 Å². The second-order valence-electron chi connectivity index (χ2n) is 4.25. The van der Waals surface area contributed by atoms with Crippen LogP contribution in [-0.2, 0) is 6.42 Å². The Morgan fingerprint density at radius 3 is 2.70 bits per heavy atom. The zero-order chi connectivity index (χ0) is 14.4. The van der Waals surface area contributed by atoms with E-state index in [4.69, 9.17) is 4.74 Å². The van der Waals surface area contributed by atoms with E-state index in [1.807, 2.05) is 12.1 Å². The predicted molar refractivity (Wildman–Crippen MR) is 74.9 cm³/mol. The Morgan fingerprint density at radius 1 is 1.30 bits per heavy atom. The number of hydrogen-bond donors (Lipinski definition) is 2. The van der Waals surface area contributed by atoms with E-state index in [1.54, 1.807) is 24.5 Å². The van der Waals surface area contributed by atoms with Gasteiger partial charge in [-0.05, 0) is 42.3 Å². The summed E-state index contributed by atoms with van der Waals surface area (Å²) in [7, 11) is 1.46. The average Bonchev–Trinajstić information content (AvgIpc) is 2.48. The van der Waals surface area contributed by atoms with Gasteiger partial charge < -0.3 is 15.2 Å². The molecule has 1 aromatic heterocycles. The van der Waals surface area contributed by atoms with Crippen molar-refractivity contribution in [2.45, 2.75) is 6.42 Å². The summed E-state index contributed by atoms with van der Waals surface area (Å²) in [6, 6.07) is 8.38. The summed E-state index contributed by atoms with van der Waals surface area (Å²) in [6.45, 7) is 0.523. The molecule has 0 aliphatic rings. The van der Waals surface area contributed by atoms with E-state index < -0.39 is 0 Å². The molecule has 0 aliphatic carbocycles. The molecule has 0 fully saturated rings. The van der Waals surface area contributed by atoms with E-state index >= 15 is 0 Å². The van der Waals surface area contributed by atoms with Gasteiger partial charge in [-0.25, -0.2) is 0 Å². The molecule has 0 unspecified atom stereocenters. The Labute approximate surface area is 117 Å². The van der Waals surface area contributed by atoms with Gasteiger partial charge in [0.1, 0.15) is 0 Å². The minimum absolute atomic E-state index is 0.0470. The van der Waals surface area contributed by atoms with E-state index in [0.717, 1.165) is 12.0 Å². The number of carbonyl (C=O) groups is 1. The first-order valence-corrected chi connectivity index (χ1v) is 6.25. The molecule has 0 saturated carbocycles. The third-order valence-electron chi connectivity index (χ3n) is 2.89. The van der Waals surface area contributed by atoms with Crippen LogP contribution in [0, 0.1) is 0 Å². The van der Waals surface area contributed by atoms with Crippen molar-refractivity contribution in [2.75, 3.05) is 13.7 Å². The van der Waals surface area contributed by atoms with Gasteiger partial charge in [-0.1, -0.05) is 0 Å². The standard InChI is InChI=1S/C15H16N2O3/c1-20-14-3-2-12(10-13(14)18)15(19)17-9-6-11-4-7-16-8-5-11/h2-5,7-8,10,18H,6,9H2,1H3,(H,17,19). The summed E-state index contributed by atoms with van der Waals surface area (Å²) in [4.78, 5) is 15.8. The molecule has 1 amide bonds. The zero-order valence-electron chi connectivity index (χ0n) is 11.2. The number of carbonyl (C=O) groups excluding carboxylic acids is 1. The molecule has 0 saturated heterocycles. The monoisotopic (exact) mass is 272 g/mol. The lowest BCUT2D eigenvalue weighted by atomic mass is 10.1. The number of phenols is 1. The Hall–Kier alpha value is -2.56. The van der Waals surface area contributed by atoms with Gasteiger partial charge >= 0.3 is 0 Å². The van der Waals surface area contributed by atoms with Gasteiger partial charge in [-0.3, -0.25) is 9.78 Å². The van der Waals surface area contributed by atoms with Crippen LogP contribution in [0.5, 0.6) is 11.5 Å². The fourth-order valence-corrected chi connectivity index (χ4v) is 1.80. The molecule has 2 N–H and O–H groups in total. The van der Waals surface area contributed by atoms with Crippen molar-refractivity contribution in [1.29, 1.82) is 0 Å². The molecule has 2 rings (SSSR count). The quantitative estimate of drug-likeness (QED) is 0.870. The van der Waals surface area contributed by atoms with Crippen molar-refractivity contribution in [3.63, 3.8) is 0 Å². The SMILES string of the molecule is COc1ccc(C(=O)NCCc2ccncc2)cc1O. The lowest BCUT2D eigenvalue weighted by molar-refractivity contribution is 0.0953. The zero-order valence-corrected chi connectivity index (χ0v) is 11.2. The predicted octanol–water partition coefficient (Wildman–Crippen LogP) is 1.77. The van der Waals surface area contributed by atoms with E-state index in [-0.39, 0.29) is 11.7 Å². The van der Waals surface area contributed by atoms with Gasteiger partial charge in [0.15, 0.2) is 11.5 Å². The molecule has 1 heterocycles. The van der Waals surface area contributed by atoms with Crippen molar-refractivity contribution in [2.24, 2.45) is 0 Å². The summed E-state index contributed by atoms with van der Waals surface area (Å²) in [6.07, 6.45) is 4.17. The van der Waals surface area contributed by atoms with Crippen molar-refractivity contribution in [1.82, 2.24) is 10.3 Å². The second kappa shape index (κ2) is 6.56. The highest BCUT2D eigenvalue weighted by Gasteiger charge is 2.08. The number of pyridine rings is 1. The van der Waals surface area contributed by atoms with Gasteiger partial charge in [0.05, 0.1) is 7.11 Å². The van der Waals surface area contributed by atoms with Crippen LogP contribution < -0.4 is 10.1 Å². The summed E-state index contributed by atoms with van der Waals surface area (Å²) >= 11 is 0. The van der Waals surface area contributed by atoms with E-state index in [0.29, 0.717) is 17.9 Å². The molecule has 5 heteroatoms. The van der Waals surface area contributed by atoms with Crippen molar-refractivity contribution < 1.29 is 14.6 Å². The number of rotatable bonds is 5. The molecule has 0 atom stereocenters. The van der Waals surface area contributed by atoms with E-state index in [1.165, 1.54) is 13.2 Å². The van der Waals surface area contributed by atoms with Crippen LogP contribution >= 0.6 is 0 Å². The number of ether oxygens (including phenoxy) is 1. The molecule has 0 radical (unpaired) electrons. The minimum Gasteiger partial charge on any atom is -0.504 e. The maximum Gasteiger partial charge on any atom is 0.251 e. The van der Waals surface area contributed by atoms with Gasteiger partial charge in [0.25, 0.3) is 5.91 Å². The lowest BCUT2D eigenvalue weighted by Gasteiger charge is -2.07. The smallest absolute Gasteiger partial charge is 0.251 e. The molecule has 5 nitrogen and oxygen atoms in total. The van der Waals surface area contributed by atoms with Crippen molar-refractivity contribution in [3.05, 3.63) is 53.9 Å². The fourth-order valence-electron chi connectivity index (χ4n) is 1.80. The third-order valence-corrected chi connectivity index (χ3v) is 2.89. The second-order valence-corrected chi connectivity index (χ2v) is 4.25. The number of nitrogens with zero attached hydrogens (tertiary/aromatic N) is 1. The van der Waals surface area contributed by atoms with Crippen molar-refractivity contribution >= 4 is 5.91 Å². The number of aromatic nitrogens is 1. The third kappa shape index (κ3) is 3.47. The fraction of sp³-hybridized carbons (Fsp3) is 0.200. The van der Waals surface area contributed by atoms with E-state index in [9.17, 15) is 9.90 Å². The van der Waals surface area contributed by atoms with Gasteiger partial charge in [0, 0.05) is 24.5 Å². The molecule has 104 valence electrons. The molecule has 0 bridgehead atoms. The maximum absolute atomic E-state index is 11.9. The highest BCUT2D eigenvalue weighted by Crippen LogP contribution is 2.25. The summed E-state index contributed by atoms with van der Waals surface area (Å²) in [5.41, 5.74) is 1.51. The first-order chi connectivity index (χ1) is 9.70. The number of aromatic hydroxyl groups is 1. The highest BCUT2D eigenvalue weighted by atomic mass is 16.5.